The Morgan fingerprint density at radius 1 is 1.09 bits per heavy atom. The Hall–Kier alpha value is -1.88. The molecule has 1 aromatic carbocycles. The molecular formula is C17H24N2O3. The lowest BCUT2D eigenvalue weighted by molar-refractivity contribution is 0.0246. The molecule has 22 heavy (non-hydrogen) atoms. The third-order valence-electron chi connectivity index (χ3n) is 4.23. The van der Waals surface area contributed by atoms with Crippen LogP contribution in [0.5, 0.6) is 0 Å². The number of rotatable bonds is 4. The molecule has 0 saturated heterocycles. The Labute approximate surface area is 131 Å². The van der Waals surface area contributed by atoms with Crippen molar-refractivity contribution < 1.29 is 14.7 Å². The van der Waals surface area contributed by atoms with Gasteiger partial charge in [0, 0.05) is 24.7 Å². The molecule has 1 fully saturated rings. The molecule has 120 valence electrons. The highest BCUT2D eigenvalue weighted by molar-refractivity contribution is 5.99. The third kappa shape index (κ3) is 4.31. The van der Waals surface area contributed by atoms with Crippen molar-refractivity contribution in [3.05, 3.63) is 35.4 Å². The van der Waals surface area contributed by atoms with Crippen molar-refractivity contribution in [2.45, 2.75) is 44.1 Å². The lowest BCUT2D eigenvalue weighted by atomic mass is 9.94. The van der Waals surface area contributed by atoms with E-state index in [9.17, 15) is 14.7 Å². The van der Waals surface area contributed by atoms with Crippen LogP contribution in [0.3, 0.4) is 0 Å². The van der Waals surface area contributed by atoms with Crippen molar-refractivity contribution >= 4 is 11.8 Å². The molecule has 0 atom stereocenters. The second-order valence-electron chi connectivity index (χ2n) is 5.98. The first-order valence-corrected chi connectivity index (χ1v) is 7.87. The van der Waals surface area contributed by atoms with E-state index < -0.39 is 5.60 Å². The number of carbonyl (C=O) groups is 2. The first-order chi connectivity index (χ1) is 10.5. The molecule has 1 aromatic rings. The van der Waals surface area contributed by atoms with Crippen molar-refractivity contribution in [1.29, 1.82) is 0 Å². The van der Waals surface area contributed by atoms with Gasteiger partial charge in [-0.2, -0.15) is 0 Å². The highest BCUT2D eigenvalue weighted by Crippen LogP contribution is 2.26. The standard InChI is InChI=1S/C17H24N2O3/c1-18-15(20)13-7-6-8-14(11-13)16(21)19-12-17(22)9-4-2-3-5-10-17/h6-8,11,22H,2-5,9-10,12H2,1H3,(H,18,20)(H,19,21). The molecule has 0 radical (unpaired) electrons. The van der Waals surface area contributed by atoms with Gasteiger partial charge >= 0.3 is 0 Å². The third-order valence-corrected chi connectivity index (χ3v) is 4.23. The van der Waals surface area contributed by atoms with Gasteiger partial charge in [-0.25, -0.2) is 0 Å². The molecule has 2 rings (SSSR count). The highest BCUT2D eigenvalue weighted by atomic mass is 16.3. The van der Waals surface area contributed by atoms with Crippen LogP contribution in [0.25, 0.3) is 0 Å². The van der Waals surface area contributed by atoms with E-state index in [1.54, 1.807) is 31.3 Å². The van der Waals surface area contributed by atoms with E-state index in [1.807, 2.05) is 0 Å². The molecular weight excluding hydrogens is 280 g/mol. The van der Waals surface area contributed by atoms with Gasteiger partial charge in [0.25, 0.3) is 11.8 Å². The zero-order valence-electron chi connectivity index (χ0n) is 13.0. The molecule has 5 nitrogen and oxygen atoms in total. The van der Waals surface area contributed by atoms with Gasteiger partial charge in [-0.05, 0) is 31.0 Å². The number of benzene rings is 1. The number of amides is 2. The minimum absolute atomic E-state index is 0.225. The normalized spacial score (nSPS) is 17.4. The predicted molar refractivity (Wildman–Crippen MR) is 84.8 cm³/mol. The first-order valence-electron chi connectivity index (χ1n) is 7.87. The maximum absolute atomic E-state index is 12.2. The van der Waals surface area contributed by atoms with Crippen LogP contribution >= 0.6 is 0 Å². The zero-order valence-corrected chi connectivity index (χ0v) is 13.0. The Bertz CT molecular complexity index is 534. The monoisotopic (exact) mass is 304 g/mol. The van der Waals surface area contributed by atoms with Crippen molar-refractivity contribution in [3.63, 3.8) is 0 Å². The number of carbonyl (C=O) groups excluding carboxylic acids is 2. The maximum atomic E-state index is 12.2. The Balaban J connectivity index is 1.98. The minimum Gasteiger partial charge on any atom is -0.388 e. The van der Waals surface area contributed by atoms with E-state index in [0.29, 0.717) is 11.1 Å². The van der Waals surface area contributed by atoms with Gasteiger partial charge in [0.1, 0.15) is 0 Å². The summed E-state index contributed by atoms with van der Waals surface area (Å²) >= 11 is 0. The molecule has 0 heterocycles. The second kappa shape index (κ2) is 7.40. The summed E-state index contributed by atoms with van der Waals surface area (Å²) < 4.78 is 0. The molecule has 3 N–H and O–H groups in total. The number of hydrogen-bond acceptors (Lipinski definition) is 3. The van der Waals surface area contributed by atoms with E-state index in [-0.39, 0.29) is 18.4 Å². The number of hydrogen-bond donors (Lipinski definition) is 3. The fourth-order valence-corrected chi connectivity index (χ4v) is 2.86. The molecule has 0 bridgehead atoms. The summed E-state index contributed by atoms with van der Waals surface area (Å²) in [7, 11) is 1.55. The summed E-state index contributed by atoms with van der Waals surface area (Å²) in [6.07, 6.45) is 5.74. The van der Waals surface area contributed by atoms with E-state index >= 15 is 0 Å². The van der Waals surface area contributed by atoms with Crippen LogP contribution in [0.4, 0.5) is 0 Å². The predicted octanol–water partition coefficient (Wildman–Crippen LogP) is 1.86. The van der Waals surface area contributed by atoms with E-state index in [4.69, 9.17) is 0 Å². The number of aliphatic hydroxyl groups is 1. The van der Waals surface area contributed by atoms with Crippen molar-refractivity contribution in [2.75, 3.05) is 13.6 Å². The van der Waals surface area contributed by atoms with Gasteiger partial charge in [0.05, 0.1) is 5.60 Å². The Morgan fingerprint density at radius 3 is 2.27 bits per heavy atom. The molecule has 2 amide bonds. The van der Waals surface area contributed by atoms with Gasteiger partial charge in [-0.15, -0.1) is 0 Å². The quantitative estimate of drug-likeness (QED) is 0.743. The van der Waals surface area contributed by atoms with Crippen LogP contribution in [0.2, 0.25) is 0 Å². The summed E-state index contributed by atoms with van der Waals surface area (Å²) in [5.74, 6) is -0.486. The molecule has 0 aliphatic heterocycles. The van der Waals surface area contributed by atoms with Crippen LogP contribution in [-0.4, -0.2) is 36.1 Å². The zero-order chi connectivity index (χ0) is 16.0. The smallest absolute Gasteiger partial charge is 0.251 e. The van der Waals surface area contributed by atoms with Gasteiger partial charge in [0.2, 0.25) is 0 Å². The SMILES string of the molecule is CNC(=O)c1cccc(C(=O)NCC2(O)CCCCCC2)c1. The Morgan fingerprint density at radius 2 is 1.68 bits per heavy atom. The molecule has 1 aliphatic rings. The highest BCUT2D eigenvalue weighted by Gasteiger charge is 2.28. The van der Waals surface area contributed by atoms with Crippen molar-refractivity contribution in [1.82, 2.24) is 10.6 Å². The van der Waals surface area contributed by atoms with Crippen LogP contribution in [0.1, 0.15) is 59.2 Å². The van der Waals surface area contributed by atoms with Gasteiger partial charge in [0.15, 0.2) is 0 Å². The van der Waals surface area contributed by atoms with Gasteiger partial charge in [-0.3, -0.25) is 9.59 Å². The summed E-state index contributed by atoms with van der Waals surface area (Å²) in [5, 5.41) is 15.9. The van der Waals surface area contributed by atoms with Gasteiger partial charge in [-0.1, -0.05) is 31.7 Å². The fraction of sp³-hybridized carbons (Fsp3) is 0.529. The average molecular weight is 304 g/mol. The molecule has 5 heteroatoms. The lowest BCUT2D eigenvalue weighted by Crippen LogP contribution is -2.42. The lowest BCUT2D eigenvalue weighted by Gasteiger charge is -2.26. The van der Waals surface area contributed by atoms with E-state index in [1.165, 1.54) is 0 Å². The van der Waals surface area contributed by atoms with Crippen molar-refractivity contribution in [2.24, 2.45) is 0 Å². The van der Waals surface area contributed by atoms with E-state index in [2.05, 4.69) is 10.6 Å². The van der Waals surface area contributed by atoms with Crippen molar-refractivity contribution in [3.8, 4) is 0 Å². The first kappa shape index (κ1) is 16.5. The summed E-state index contributed by atoms with van der Waals surface area (Å²) in [6, 6.07) is 6.57. The Kier molecular flexibility index (Phi) is 5.55. The largest absolute Gasteiger partial charge is 0.388 e. The summed E-state index contributed by atoms with van der Waals surface area (Å²) in [6.45, 7) is 0.260. The molecule has 1 aliphatic carbocycles. The summed E-state index contributed by atoms with van der Waals surface area (Å²) in [5.41, 5.74) is 0.0755. The van der Waals surface area contributed by atoms with Crippen LogP contribution in [0.15, 0.2) is 24.3 Å². The van der Waals surface area contributed by atoms with Crippen LogP contribution in [0, 0.1) is 0 Å². The topological polar surface area (TPSA) is 78.4 Å². The second-order valence-corrected chi connectivity index (χ2v) is 5.98. The summed E-state index contributed by atoms with van der Waals surface area (Å²) in [4.78, 5) is 23.8. The molecule has 0 spiro atoms. The average Bonchev–Trinajstić information content (AvgIpc) is 2.77. The maximum Gasteiger partial charge on any atom is 0.251 e. The molecule has 0 aromatic heterocycles. The molecule has 1 saturated carbocycles. The molecule has 0 unspecified atom stereocenters. The minimum atomic E-state index is -0.801. The van der Waals surface area contributed by atoms with E-state index in [0.717, 1.165) is 38.5 Å². The van der Waals surface area contributed by atoms with Gasteiger partial charge < -0.3 is 15.7 Å². The van der Waals surface area contributed by atoms with Crippen LogP contribution < -0.4 is 10.6 Å². The number of nitrogens with one attached hydrogen (secondary N) is 2. The van der Waals surface area contributed by atoms with Crippen LogP contribution in [-0.2, 0) is 0 Å². The fourth-order valence-electron chi connectivity index (χ4n) is 2.86.